The van der Waals surface area contributed by atoms with Crippen molar-refractivity contribution in [3.63, 3.8) is 0 Å². The Balaban J connectivity index is 1.87. The van der Waals surface area contributed by atoms with E-state index in [-0.39, 0.29) is 0 Å². The molecule has 0 radical (unpaired) electrons. The van der Waals surface area contributed by atoms with Crippen LogP contribution in [0.5, 0.6) is 0 Å². The van der Waals surface area contributed by atoms with Crippen molar-refractivity contribution >= 4 is 0 Å². The molecule has 0 spiro atoms. The van der Waals surface area contributed by atoms with Crippen LogP contribution in [-0.2, 0) is 6.42 Å². The van der Waals surface area contributed by atoms with E-state index in [1.165, 1.54) is 25.8 Å². The molecule has 4 bridgehead atoms. The van der Waals surface area contributed by atoms with Gasteiger partial charge in [-0.1, -0.05) is 24.3 Å². The average molecular weight is 199 g/mol. The molecule has 1 saturated carbocycles. The van der Waals surface area contributed by atoms with Gasteiger partial charge in [-0.15, -0.1) is 0 Å². The van der Waals surface area contributed by atoms with Gasteiger partial charge in [-0.3, -0.25) is 0 Å². The van der Waals surface area contributed by atoms with Crippen molar-refractivity contribution in [3.05, 3.63) is 35.4 Å². The first-order chi connectivity index (χ1) is 7.43. The van der Waals surface area contributed by atoms with Crippen LogP contribution in [0.2, 0.25) is 0 Å². The Morgan fingerprint density at radius 3 is 3.00 bits per heavy atom. The van der Waals surface area contributed by atoms with Gasteiger partial charge in [0.15, 0.2) is 0 Å². The fourth-order valence-electron chi connectivity index (χ4n) is 4.23. The molecule has 0 amide bonds. The summed E-state index contributed by atoms with van der Waals surface area (Å²) in [5, 5.41) is 3.72. The van der Waals surface area contributed by atoms with E-state index in [1.54, 1.807) is 11.1 Å². The number of hydrogen-bond acceptors (Lipinski definition) is 1. The first-order valence-corrected chi connectivity index (χ1v) is 6.24. The molecule has 1 heteroatoms. The van der Waals surface area contributed by atoms with Crippen LogP contribution in [-0.4, -0.2) is 12.6 Å². The number of benzene rings is 1. The monoisotopic (exact) mass is 199 g/mol. The van der Waals surface area contributed by atoms with E-state index in [2.05, 4.69) is 29.6 Å². The number of hydrogen-bond donors (Lipinski definition) is 1. The van der Waals surface area contributed by atoms with Crippen molar-refractivity contribution in [2.45, 2.75) is 31.2 Å². The second kappa shape index (κ2) is 2.85. The Morgan fingerprint density at radius 1 is 1.07 bits per heavy atom. The van der Waals surface area contributed by atoms with Crippen LogP contribution in [0.3, 0.4) is 0 Å². The second-order valence-corrected chi connectivity index (χ2v) is 5.43. The van der Waals surface area contributed by atoms with Gasteiger partial charge in [0.05, 0.1) is 0 Å². The molecule has 1 saturated heterocycles. The van der Waals surface area contributed by atoms with Crippen molar-refractivity contribution in [1.29, 1.82) is 0 Å². The lowest BCUT2D eigenvalue weighted by Gasteiger charge is -2.41. The third-order valence-electron chi connectivity index (χ3n) is 4.90. The van der Waals surface area contributed by atoms with E-state index in [1.807, 2.05) is 0 Å². The van der Waals surface area contributed by atoms with E-state index >= 15 is 0 Å². The standard InChI is InChI=1S/C14H17N/c1-2-4-10-9(3-1)7-12-13-8-15-14(12)6-5-11(10)13/h1-4,11-15H,5-8H2. The highest BCUT2D eigenvalue weighted by Gasteiger charge is 2.47. The minimum atomic E-state index is 0.833. The lowest BCUT2D eigenvalue weighted by atomic mass is 9.63. The van der Waals surface area contributed by atoms with E-state index in [9.17, 15) is 0 Å². The molecule has 4 rings (SSSR count). The van der Waals surface area contributed by atoms with Crippen LogP contribution < -0.4 is 5.32 Å². The van der Waals surface area contributed by atoms with E-state index < -0.39 is 0 Å². The Labute approximate surface area is 90.9 Å². The summed E-state index contributed by atoms with van der Waals surface area (Å²) in [5.74, 6) is 2.75. The van der Waals surface area contributed by atoms with Gasteiger partial charge in [-0.05, 0) is 54.7 Å². The molecule has 1 aromatic carbocycles. The van der Waals surface area contributed by atoms with E-state index in [0.29, 0.717) is 0 Å². The van der Waals surface area contributed by atoms with Gasteiger partial charge >= 0.3 is 0 Å². The summed E-state index contributed by atoms with van der Waals surface area (Å²) in [7, 11) is 0. The number of nitrogens with one attached hydrogen (secondary N) is 1. The van der Waals surface area contributed by atoms with Crippen LogP contribution in [0, 0.1) is 11.8 Å². The van der Waals surface area contributed by atoms with Crippen LogP contribution in [0.1, 0.15) is 29.9 Å². The molecule has 15 heavy (non-hydrogen) atoms. The molecule has 1 aliphatic heterocycles. The molecule has 4 atom stereocenters. The molecule has 1 N–H and O–H groups in total. The Bertz CT molecular complexity index is 398. The van der Waals surface area contributed by atoms with Gasteiger partial charge in [0.2, 0.25) is 0 Å². The van der Waals surface area contributed by atoms with Gasteiger partial charge in [0, 0.05) is 6.04 Å². The third kappa shape index (κ3) is 1.02. The van der Waals surface area contributed by atoms with Gasteiger partial charge in [0.25, 0.3) is 0 Å². The fourth-order valence-corrected chi connectivity index (χ4v) is 4.23. The predicted octanol–water partition coefficient (Wildman–Crippen LogP) is 2.32. The molecule has 2 fully saturated rings. The Kier molecular flexibility index (Phi) is 1.59. The SMILES string of the molecule is c1ccc2c(c1)CC1C3CCC2C1CN3. The van der Waals surface area contributed by atoms with Gasteiger partial charge in [0.1, 0.15) is 0 Å². The molecular formula is C14H17N. The van der Waals surface area contributed by atoms with Crippen molar-refractivity contribution in [1.82, 2.24) is 5.32 Å². The topological polar surface area (TPSA) is 12.0 Å². The molecule has 1 aromatic rings. The first kappa shape index (κ1) is 8.35. The maximum Gasteiger partial charge on any atom is 0.0102 e. The van der Waals surface area contributed by atoms with Crippen molar-refractivity contribution in [2.75, 3.05) is 6.54 Å². The summed E-state index contributed by atoms with van der Waals surface area (Å²) >= 11 is 0. The van der Waals surface area contributed by atoms with Gasteiger partial charge in [-0.2, -0.15) is 0 Å². The number of fused-ring (bicyclic) bond motifs is 2. The minimum absolute atomic E-state index is 0.833. The normalized spacial score (nSPS) is 41.3. The van der Waals surface area contributed by atoms with Crippen LogP contribution in [0.25, 0.3) is 0 Å². The van der Waals surface area contributed by atoms with Crippen molar-refractivity contribution in [3.8, 4) is 0 Å². The van der Waals surface area contributed by atoms with E-state index in [4.69, 9.17) is 0 Å². The Morgan fingerprint density at radius 2 is 2.00 bits per heavy atom. The van der Waals surface area contributed by atoms with Crippen molar-refractivity contribution in [2.24, 2.45) is 11.8 Å². The predicted molar refractivity (Wildman–Crippen MR) is 60.9 cm³/mol. The molecule has 78 valence electrons. The van der Waals surface area contributed by atoms with Gasteiger partial charge in [-0.25, -0.2) is 0 Å². The van der Waals surface area contributed by atoms with Crippen LogP contribution in [0.4, 0.5) is 0 Å². The maximum atomic E-state index is 3.72. The summed E-state index contributed by atoms with van der Waals surface area (Å²) in [6, 6.07) is 9.97. The quantitative estimate of drug-likeness (QED) is 0.676. The van der Waals surface area contributed by atoms with Crippen LogP contribution in [0.15, 0.2) is 24.3 Å². The molecule has 4 unspecified atom stereocenters. The summed E-state index contributed by atoms with van der Waals surface area (Å²) in [4.78, 5) is 0. The maximum absolute atomic E-state index is 3.72. The molecular weight excluding hydrogens is 182 g/mol. The van der Waals surface area contributed by atoms with Gasteiger partial charge < -0.3 is 5.32 Å². The fraction of sp³-hybridized carbons (Fsp3) is 0.571. The lowest BCUT2D eigenvalue weighted by Crippen LogP contribution is -2.37. The smallest absolute Gasteiger partial charge is 0.0102 e. The molecule has 1 heterocycles. The molecule has 1 nitrogen and oxygen atoms in total. The summed E-state index contributed by atoms with van der Waals surface area (Å²) in [6.07, 6.45) is 4.14. The van der Waals surface area contributed by atoms with Crippen LogP contribution >= 0.6 is 0 Å². The molecule has 0 aromatic heterocycles. The highest BCUT2D eigenvalue weighted by atomic mass is 15.0. The summed E-state index contributed by atoms with van der Waals surface area (Å²) in [6.45, 7) is 1.27. The zero-order valence-corrected chi connectivity index (χ0v) is 8.95. The lowest BCUT2D eigenvalue weighted by molar-refractivity contribution is 0.221. The summed E-state index contributed by atoms with van der Waals surface area (Å²) in [5.41, 5.74) is 3.30. The second-order valence-electron chi connectivity index (χ2n) is 5.43. The molecule has 3 aliphatic rings. The third-order valence-corrected chi connectivity index (χ3v) is 4.90. The van der Waals surface area contributed by atoms with Crippen molar-refractivity contribution < 1.29 is 0 Å². The number of rotatable bonds is 0. The zero-order valence-electron chi connectivity index (χ0n) is 8.95. The highest BCUT2D eigenvalue weighted by Crippen LogP contribution is 2.50. The molecule has 2 aliphatic carbocycles. The highest BCUT2D eigenvalue weighted by molar-refractivity contribution is 5.36. The average Bonchev–Trinajstić information content (AvgIpc) is 2.55. The largest absolute Gasteiger partial charge is 0.313 e. The van der Waals surface area contributed by atoms with E-state index in [0.717, 1.165) is 23.8 Å². The minimum Gasteiger partial charge on any atom is -0.313 e. The summed E-state index contributed by atoms with van der Waals surface area (Å²) < 4.78 is 0. The zero-order chi connectivity index (χ0) is 9.83. The first-order valence-electron chi connectivity index (χ1n) is 6.24. The Hall–Kier alpha value is -0.820.